The first-order valence-corrected chi connectivity index (χ1v) is 7.94. The molecule has 2 amide bonds. The van der Waals surface area contributed by atoms with E-state index in [1.165, 1.54) is 0 Å². The Bertz CT molecular complexity index is 476. The van der Waals surface area contributed by atoms with Gasteiger partial charge in [0.25, 0.3) is 0 Å². The van der Waals surface area contributed by atoms with Crippen molar-refractivity contribution in [3.05, 3.63) is 35.9 Å². The summed E-state index contributed by atoms with van der Waals surface area (Å²) in [7, 11) is 0. The molecule has 2 atom stereocenters. The van der Waals surface area contributed by atoms with Crippen LogP contribution in [0.25, 0.3) is 0 Å². The smallest absolute Gasteiger partial charge is 0.315 e. The monoisotopic (exact) mass is 306 g/mol. The highest BCUT2D eigenvalue weighted by molar-refractivity contribution is 5.75. The number of aliphatic hydroxyl groups excluding tert-OH is 2. The lowest BCUT2D eigenvalue weighted by Gasteiger charge is -2.30. The Kier molecular flexibility index (Phi) is 5.80. The molecule has 1 aromatic rings. The third-order valence-electron chi connectivity index (χ3n) is 4.36. The van der Waals surface area contributed by atoms with Crippen LogP contribution in [0.3, 0.4) is 0 Å². The molecule has 0 saturated heterocycles. The molecular weight excluding hydrogens is 280 g/mol. The molecule has 4 N–H and O–H groups in total. The quantitative estimate of drug-likeness (QED) is 0.592. The molecule has 5 nitrogen and oxygen atoms in total. The van der Waals surface area contributed by atoms with Crippen molar-refractivity contribution >= 4 is 6.03 Å². The van der Waals surface area contributed by atoms with E-state index in [0.717, 1.165) is 18.4 Å². The van der Waals surface area contributed by atoms with Crippen LogP contribution in [0, 0.1) is 5.92 Å². The second-order valence-corrected chi connectivity index (χ2v) is 6.28. The highest BCUT2D eigenvalue weighted by Gasteiger charge is 2.42. The summed E-state index contributed by atoms with van der Waals surface area (Å²) in [6, 6.07) is 9.32. The Morgan fingerprint density at radius 3 is 2.55 bits per heavy atom. The van der Waals surface area contributed by atoms with Crippen LogP contribution in [0.15, 0.2) is 30.3 Å². The van der Waals surface area contributed by atoms with Crippen molar-refractivity contribution in [1.29, 1.82) is 0 Å². The van der Waals surface area contributed by atoms with E-state index in [0.29, 0.717) is 18.8 Å². The third-order valence-corrected chi connectivity index (χ3v) is 4.36. The summed E-state index contributed by atoms with van der Waals surface area (Å²) in [4.78, 5) is 12.3. The average molecular weight is 306 g/mol. The summed E-state index contributed by atoms with van der Waals surface area (Å²) in [6.45, 7) is 1.93. The van der Waals surface area contributed by atoms with Crippen molar-refractivity contribution in [2.75, 3.05) is 13.2 Å². The summed E-state index contributed by atoms with van der Waals surface area (Å²) in [6.07, 6.45) is 3.39. The molecule has 2 unspecified atom stereocenters. The normalized spacial score (nSPS) is 18.3. The van der Waals surface area contributed by atoms with Crippen molar-refractivity contribution in [1.82, 2.24) is 10.6 Å². The summed E-state index contributed by atoms with van der Waals surface area (Å²) < 4.78 is 0. The van der Waals surface area contributed by atoms with Gasteiger partial charge < -0.3 is 20.8 Å². The zero-order chi connectivity index (χ0) is 16.0. The Morgan fingerprint density at radius 1 is 1.32 bits per heavy atom. The predicted molar refractivity (Wildman–Crippen MR) is 85.4 cm³/mol. The van der Waals surface area contributed by atoms with E-state index >= 15 is 0 Å². The van der Waals surface area contributed by atoms with Gasteiger partial charge in [-0.2, -0.15) is 0 Å². The first-order chi connectivity index (χ1) is 10.6. The van der Waals surface area contributed by atoms with Crippen molar-refractivity contribution in [3.8, 4) is 0 Å². The van der Waals surface area contributed by atoms with Gasteiger partial charge in [-0.25, -0.2) is 4.79 Å². The van der Waals surface area contributed by atoms with Crippen molar-refractivity contribution < 1.29 is 15.0 Å². The number of benzene rings is 1. The molecule has 1 aromatic carbocycles. The molecule has 1 aliphatic carbocycles. The predicted octanol–water partition coefficient (Wildman–Crippen LogP) is 1.96. The van der Waals surface area contributed by atoms with Crippen molar-refractivity contribution in [2.45, 2.75) is 44.2 Å². The molecule has 0 bridgehead atoms. The highest BCUT2D eigenvalue weighted by Crippen LogP contribution is 2.39. The molecule has 5 heteroatoms. The topological polar surface area (TPSA) is 81.6 Å². The van der Waals surface area contributed by atoms with Gasteiger partial charge in [0.15, 0.2) is 0 Å². The minimum absolute atomic E-state index is 0.0578. The number of amides is 2. The lowest BCUT2D eigenvalue weighted by Crippen LogP contribution is -2.54. The second kappa shape index (κ2) is 7.61. The molecule has 1 aliphatic rings. The number of hydrogen-bond donors (Lipinski definition) is 4. The fourth-order valence-electron chi connectivity index (χ4n) is 2.75. The van der Waals surface area contributed by atoms with E-state index in [9.17, 15) is 9.90 Å². The molecule has 1 fully saturated rings. The maximum Gasteiger partial charge on any atom is 0.315 e. The van der Waals surface area contributed by atoms with Crippen LogP contribution in [0.4, 0.5) is 4.79 Å². The highest BCUT2D eigenvalue weighted by atomic mass is 16.3. The molecule has 1 saturated carbocycles. The number of aliphatic hydroxyl groups is 2. The molecule has 0 aliphatic heterocycles. The molecule has 122 valence electrons. The molecular formula is C17H26N2O3. The molecule has 2 rings (SSSR count). The van der Waals surface area contributed by atoms with E-state index < -0.39 is 5.54 Å². The van der Waals surface area contributed by atoms with E-state index in [2.05, 4.69) is 10.6 Å². The minimum atomic E-state index is -0.553. The van der Waals surface area contributed by atoms with Gasteiger partial charge in [-0.15, -0.1) is 0 Å². The van der Waals surface area contributed by atoms with Gasteiger partial charge in [-0.05, 0) is 44.1 Å². The molecule has 0 aromatic heterocycles. The van der Waals surface area contributed by atoms with E-state index in [4.69, 9.17) is 5.11 Å². The van der Waals surface area contributed by atoms with Crippen LogP contribution in [0.1, 0.15) is 44.2 Å². The van der Waals surface area contributed by atoms with Gasteiger partial charge in [-0.1, -0.05) is 30.3 Å². The van der Waals surface area contributed by atoms with Gasteiger partial charge in [0.2, 0.25) is 0 Å². The van der Waals surface area contributed by atoms with Gasteiger partial charge >= 0.3 is 6.03 Å². The standard InChI is InChI=1S/C17H26N2O3/c1-17(12-21,14-9-10-14)19-16(22)18-15(8-5-11-20)13-6-3-2-4-7-13/h2-4,6-7,14-15,20-21H,5,8-12H2,1H3,(H2,18,19,22). The summed E-state index contributed by atoms with van der Waals surface area (Å²) in [5, 5.41) is 24.5. The number of carbonyl (C=O) groups is 1. The van der Waals surface area contributed by atoms with Gasteiger partial charge in [0.05, 0.1) is 18.2 Å². The van der Waals surface area contributed by atoms with Gasteiger partial charge in [-0.3, -0.25) is 0 Å². The number of hydrogen-bond acceptors (Lipinski definition) is 3. The number of urea groups is 1. The Morgan fingerprint density at radius 2 is 2.00 bits per heavy atom. The SMILES string of the molecule is CC(CO)(NC(=O)NC(CCCO)c1ccccc1)C1CC1. The lowest BCUT2D eigenvalue weighted by molar-refractivity contribution is 0.153. The van der Waals surface area contributed by atoms with Crippen molar-refractivity contribution in [2.24, 2.45) is 5.92 Å². The van der Waals surface area contributed by atoms with Crippen LogP contribution in [0.5, 0.6) is 0 Å². The van der Waals surface area contributed by atoms with Crippen molar-refractivity contribution in [3.63, 3.8) is 0 Å². The summed E-state index contributed by atoms with van der Waals surface area (Å²) >= 11 is 0. The van der Waals surface area contributed by atoms with Crippen LogP contribution < -0.4 is 10.6 Å². The first-order valence-electron chi connectivity index (χ1n) is 7.94. The lowest BCUT2D eigenvalue weighted by atomic mass is 9.97. The molecule has 0 heterocycles. The first kappa shape index (κ1) is 16.8. The van der Waals surface area contributed by atoms with Crippen LogP contribution in [-0.4, -0.2) is 35.0 Å². The van der Waals surface area contributed by atoms with E-state index in [1.54, 1.807) is 0 Å². The zero-order valence-electron chi connectivity index (χ0n) is 13.1. The van der Waals surface area contributed by atoms with Gasteiger partial charge in [0, 0.05) is 6.61 Å². The van der Waals surface area contributed by atoms with E-state index in [1.807, 2.05) is 37.3 Å². The maximum absolute atomic E-state index is 12.3. The van der Waals surface area contributed by atoms with Crippen LogP contribution in [0.2, 0.25) is 0 Å². The Labute approximate surface area is 131 Å². The van der Waals surface area contributed by atoms with Crippen LogP contribution in [-0.2, 0) is 0 Å². The average Bonchev–Trinajstić information content (AvgIpc) is 3.37. The molecule has 0 spiro atoms. The summed E-state index contributed by atoms with van der Waals surface area (Å²) in [5.74, 6) is 0.357. The minimum Gasteiger partial charge on any atom is -0.396 e. The Hall–Kier alpha value is -1.59. The second-order valence-electron chi connectivity index (χ2n) is 6.28. The zero-order valence-corrected chi connectivity index (χ0v) is 13.1. The maximum atomic E-state index is 12.3. The largest absolute Gasteiger partial charge is 0.396 e. The molecule has 0 radical (unpaired) electrons. The van der Waals surface area contributed by atoms with E-state index in [-0.39, 0.29) is 25.3 Å². The molecule has 22 heavy (non-hydrogen) atoms. The number of rotatable bonds is 8. The fourth-order valence-corrected chi connectivity index (χ4v) is 2.75. The number of carbonyl (C=O) groups excluding carboxylic acids is 1. The third kappa shape index (κ3) is 4.45. The Balaban J connectivity index is 1.98. The van der Waals surface area contributed by atoms with Gasteiger partial charge in [0.1, 0.15) is 0 Å². The van der Waals surface area contributed by atoms with Crippen LogP contribution >= 0.6 is 0 Å². The summed E-state index contributed by atoms with van der Waals surface area (Å²) in [5.41, 5.74) is 0.464. The number of nitrogens with one attached hydrogen (secondary N) is 2. The fraction of sp³-hybridized carbons (Fsp3) is 0.588.